The average molecular weight is 271 g/mol. The highest BCUT2D eigenvalue weighted by Gasteiger charge is 2.27. The molecule has 0 saturated carbocycles. The molecule has 18 heavy (non-hydrogen) atoms. The molecule has 1 atom stereocenters. The van der Waals surface area contributed by atoms with E-state index in [1.807, 2.05) is 0 Å². The van der Waals surface area contributed by atoms with Crippen LogP contribution in [0.5, 0.6) is 0 Å². The lowest BCUT2D eigenvalue weighted by molar-refractivity contribution is -0.119. The maximum Gasteiger partial charge on any atom is 0.241 e. The van der Waals surface area contributed by atoms with Gasteiger partial charge in [-0.25, -0.2) is 0 Å². The highest BCUT2D eigenvalue weighted by molar-refractivity contribution is 8.13. The van der Waals surface area contributed by atoms with E-state index in [1.165, 1.54) is 0 Å². The van der Waals surface area contributed by atoms with Crippen molar-refractivity contribution in [1.29, 1.82) is 0 Å². The summed E-state index contributed by atoms with van der Waals surface area (Å²) < 4.78 is 0. The predicted octanol–water partition coefficient (Wildman–Crippen LogP) is 2.01. The Morgan fingerprint density at radius 2 is 2.33 bits per heavy atom. The lowest BCUT2D eigenvalue weighted by atomic mass is 9.96. The van der Waals surface area contributed by atoms with Gasteiger partial charge in [0, 0.05) is 17.8 Å². The van der Waals surface area contributed by atoms with Crippen LogP contribution in [0.1, 0.15) is 40.5 Å². The Morgan fingerprint density at radius 1 is 1.61 bits per heavy atom. The number of amides is 1. The van der Waals surface area contributed by atoms with Gasteiger partial charge in [0.1, 0.15) is 6.54 Å². The van der Waals surface area contributed by atoms with Gasteiger partial charge in [0.15, 0.2) is 5.17 Å². The highest BCUT2D eigenvalue weighted by atomic mass is 32.2. The van der Waals surface area contributed by atoms with Crippen molar-refractivity contribution in [3.8, 4) is 0 Å². The summed E-state index contributed by atoms with van der Waals surface area (Å²) in [6, 6.07) is 0. The quantitative estimate of drug-likeness (QED) is 0.804. The molecule has 2 N–H and O–H groups in total. The third kappa shape index (κ3) is 5.29. The summed E-state index contributed by atoms with van der Waals surface area (Å²) in [6.07, 6.45) is 2.22. The van der Waals surface area contributed by atoms with Crippen molar-refractivity contribution in [2.45, 2.75) is 46.1 Å². The van der Waals surface area contributed by atoms with Crippen LogP contribution in [0.25, 0.3) is 0 Å². The monoisotopic (exact) mass is 271 g/mol. The molecule has 4 nitrogen and oxygen atoms in total. The molecular weight excluding hydrogens is 246 g/mol. The number of rotatable bonds is 5. The van der Waals surface area contributed by atoms with E-state index < -0.39 is 0 Å². The van der Waals surface area contributed by atoms with Gasteiger partial charge in [-0.05, 0) is 25.7 Å². The molecule has 1 unspecified atom stereocenters. The molecule has 1 aliphatic rings. The summed E-state index contributed by atoms with van der Waals surface area (Å²) in [5.74, 6) is 1.55. The van der Waals surface area contributed by atoms with E-state index in [1.54, 1.807) is 11.8 Å². The normalized spacial score (nSPS) is 26.2. The summed E-state index contributed by atoms with van der Waals surface area (Å²) in [6.45, 7) is 9.49. The molecule has 1 heterocycles. The molecule has 0 aromatic rings. The minimum atomic E-state index is 0.00220. The molecular formula is C13H25N3OS. The number of nitrogens with one attached hydrogen (secondary N) is 2. The van der Waals surface area contributed by atoms with E-state index in [0.717, 1.165) is 30.3 Å². The smallest absolute Gasteiger partial charge is 0.241 e. The number of amidine groups is 1. The standard InChI is InChI=1S/C13H25N3OS/c1-5-13(4)6-7-18-12(16-13)15-9-11(17)14-8-10(2)3/h10H,5-9H2,1-4H3,(H,14,17)(H,15,16). The van der Waals surface area contributed by atoms with Crippen molar-refractivity contribution in [3.63, 3.8) is 0 Å². The first kappa shape index (κ1) is 15.3. The Bertz CT molecular complexity index is 317. The molecule has 0 bridgehead atoms. The molecule has 104 valence electrons. The number of aliphatic imine (C=N–C) groups is 1. The van der Waals surface area contributed by atoms with Crippen molar-refractivity contribution in [3.05, 3.63) is 0 Å². The van der Waals surface area contributed by atoms with Crippen molar-refractivity contribution in [2.75, 3.05) is 18.8 Å². The highest BCUT2D eigenvalue weighted by Crippen LogP contribution is 2.24. The van der Waals surface area contributed by atoms with E-state index in [2.05, 4.69) is 43.3 Å². The number of thioether (sulfide) groups is 1. The maximum absolute atomic E-state index is 11.6. The van der Waals surface area contributed by atoms with Crippen LogP contribution in [-0.2, 0) is 4.79 Å². The fourth-order valence-electron chi connectivity index (χ4n) is 1.60. The Kier molecular flexibility index (Phi) is 5.99. The molecule has 0 aromatic heterocycles. The van der Waals surface area contributed by atoms with Gasteiger partial charge in [0.05, 0.1) is 0 Å². The van der Waals surface area contributed by atoms with Gasteiger partial charge in [0.2, 0.25) is 5.91 Å². The van der Waals surface area contributed by atoms with Crippen molar-refractivity contribution in [1.82, 2.24) is 10.6 Å². The number of hydrogen-bond acceptors (Lipinski definition) is 3. The van der Waals surface area contributed by atoms with Gasteiger partial charge in [-0.1, -0.05) is 32.5 Å². The summed E-state index contributed by atoms with van der Waals surface area (Å²) >= 11 is 1.71. The number of carbonyl (C=O) groups excluding carboxylic acids is 1. The Morgan fingerprint density at radius 3 is 2.94 bits per heavy atom. The van der Waals surface area contributed by atoms with E-state index in [4.69, 9.17) is 0 Å². The minimum absolute atomic E-state index is 0.00220. The first-order valence-electron chi connectivity index (χ1n) is 6.67. The zero-order valence-corrected chi connectivity index (χ0v) is 12.7. The van der Waals surface area contributed by atoms with Crippen LogP contribution in [0.15, 0.2) is 4.99 Å². The van der Waals surface area contributed by atoms with Crippen LogP contribution in [0.2, 0.25) is 0 Å². The van der Waals surface area contributed by atoms with Crippen LogP contribution in [-0.4, -0.2) is 35.5 Å². The first-order valence-corrected chi connectivity index (χ1v) is 7.66. The van der Waals surface area contributed by atoms with Gasteiger partial charge in [0.25, 0.3) is 0 Å². The molecule has 1 rings (SSSR count). The second-order valence-electron chi connectivity index (χ2n) is 5.46. The van der Waals surface area contributed by atoms with Crippen LogP contribution < -0.4 is 10.6 Å². The number of nitrogens with zero attached hydrogens (tertiary/aromatic N) is 1. The van der Waals surface area contributed by atoms with Gasteiger partial charge < -0.3 is 10.6 Å². The van der Waals surface area contributed by atoms with Crippen LogP contribution in [0.3, 0.4) is 0 Å². The molecule has 0 radical (unpaired) electrons. The van der Waals surface area contributed by atoms with Crippen LogP contribution >= 0.6 is 11.8 Å². The van der Waals surface area contributed by atoms with Gasteiger partial charge in [-0.3, -0.25) is 9.79 Å². The average Bonchev–Trinajstić information content (AvgIpc) is 2.34. The molecule has 1 saturated heterocycles. The van der Waals surface area contributed by atoms with Crippen LogP contribution in [0, 0.1) is 5.92 Å². The number of carbonyl (C=O) groups is 1. The van der Waals surface area contributed by atoms with E-state index in [0.29, 0.717) is 5.92 Å². The summed E-state index contributed by atoms with van der Waals surface area (Å²) in [5.41, 5.74) is 0.137. The fourth-order valence-corrected chi connectivity index (χ4v) is 2.82. The van der Waals surface area contributed by atoms with Gasteiger partial charge in [-0.15, -0.1) is 0 Å². The zero-order valence-electron chi connectivity index (χ0n) is 11.9. The molecule has 0 spiro atoms. The Labute approximate surface area is 114 Å². The molecule has 1 amide bonds. The van der Waals surface area contributed by atoms with E-state index >= 15 is 0 Å². The van der Waals surface area contributed by atoms with Crippen LogP contribution in [0.4, 0.5) is 0 Å². The van der Waals surface area contributed by atoms with Crippen molar-refractivity contribution in [2.24, 2.45) is 10.9 Å². The molecule has 0 aliphatic carbocycles. The topological polar surface area (TPSA) is 53.5 Å². The number of hydrogen-bond donors (Lipinski definition) is 2. The molecule has 1 fully saturated rings. The molecule has 1 aliphatic heterocycles. The third-order valence-corrected chi connectivity index (χ3v) is 4.07. The molecule has 0 aromatic carbocycles. The third-order valence-electron chi connectivity index (χ3n) is 3.16. The summed E-state index contributed by atoms with van der Waals surface area (Å²) in [5, 5.41) is 7.21. The second-order valence-corrected chi connectivity index (χ2v) is 6.54. The second kappa shape index (κ2) is 7.02. The molecule has 5 heteroatoms. The Balaban J connectivity index is 2.40. The summed E-state index contributed by atoms with van der Waals surface area (Å²) in [4.78, 5) is 15.9. The van der Waals surface area contributed by atoms with E-state index in [-0.39, 0.29) is 18.0 Å². The lowest BCUT2D eigenvalue weighted by Crippen LogP contribution is -2.48. The minimum Gasteiger partial charge on any atom is -0.360 e. The lowest BCUT2D eigenvalue weighted by Gasteiger charge is -2.35. The van der Waals surface area contributed by atoms with Crippen molar-refractivity contribution >= 4 is 22.8 Å². The predicted molar refractivity (Wildman–Crippen MR) is 79.1 cm³/mol. The van der Waals surface area contributed by atoms with E-state index in [9.17, 15) is 4.79 Å². The Hall–Kier alpha value is -0.710. The SMILES string of the molecule is CCC1(C)CCSC(=NCC(=O)NCC(C)C)N1. The summed E-state index contributed by atoms with van der Waals surface area (Å²) in [7, 11) is 0. The van der Waals surface area contributed by atoms with Crippen molar-refractivity contribution < 1.29 is 4.79 Å². The zero-order chi connectivity index (χ0) is 13.6. The largest absolute Gasteiger partial charge is 0.360 e. The van der Waals surface area contributed by atoms with Gasteiger partial charge in [-0.2, -0.15) is 0 Å². The maximum atomic E-state index is 11.6. The fraction of sp³-hybridized carbons (Fsp3) is 0.846. The van der Waals surface area contributed by atoms with Gasteiger partial charge >= 0.3 is 0 Å². The first-order chi connectivity index (χ1) is 8.45.